The first-order chi connectivity index (χ1) is 14.5. The highest BCUT2D eigenvalue weighted by Gasteiger charge is 2.49. The number of halogens is 4. The van der Waals surface area contributed by atoms with Gasteiger partial charge in [-0.15, -0.1) is 13.2 Å². The zero-order valence-electron chi connectivity index (χ0n) is 16.1. The number of nitrogens with one attached hydrogen (secondary N) is 2. The maximum absolute atomic E-state index is 12.8. The predicted octanol–water partition coefficient (Wildman–Crippen LogP) is 3.32. The van der Waals surface area contributed by atoms with Gasteiger partial charge in [-0.3, -0.25) is 14.5 Å². The summed E-state index contributed by atoms with van der Waals surface area (Å²) in [5, 5.41) is 5.63. The number of hydrogen-bond acceptors (Lipinski definition) is 4. The summed E-state index contributed by atoms with van der Waals surface area (Å²) in [7, 11) is 0. The fourth-order valence-corrected chi connectivity index (χ4v) is 3.15. The summed E-state index contributed by atoms with van der Waals surface area (Å²) in [6.45, 7) is 1.07. The zero-order valence-corrected chi connectivity index (χ0v) is 16.9. The third-order valence-electron chi connectivity index (χ3n) is 4.64. The maximum Gasteiger partial charge on any atom is 0.573 e. The third-order valence-corrected chi connectivity index (χ3v) is 4.90. The summed E-state index contributed by atoms with van der Waals surface area (Å²) in [5.41, 5.74) is -0.519. The van der Waals surface area contributed by atoms with Crippen LogP contribution in [0.2, 0.25) is 5.02 Å². The van der Waals surface area contributed by atoms with Gasteiger partial charge in [0.25, 0.3) is 5.91 Å². The molecule has 2 aromatic carbocycles. The van der Waals surface area contributed by atoms with Crippen molar-refractivity contribution in [3.8, 4) is 5.75 Å². The number of benzene rings is 2. The van der Waals surface area contributed by atoms with E-state index in [4.69, 9.17) is 11.6 Å². The van der Waals surface area contributed by atoms with Crippen LogP contribution in [0.25, 0.3) is 0 Å². The molecule has 1 unspecified atom stereocenters. The van der Waals surface area contributed by atoms with Crippen LogP contribution in [0.15, 0.2) is 48.5 Å². The monoisotopic (exact) mass is 455 g/mol. The highest BCUT2D eigenvalue weighted by atomic mass is 35.5. The molecule has 164 valence electrons. The fourth-order valence-electron chi connectivity index (χ4n) is 3.03. The molecule has 1 saturated heterocycles. The summed E-state index contributed by atoms with van der Waals surface area (Å²) < 4.78 is 40.7. The van der Waals surface area contributed by atoms with Crippen molar-refractivity contribution in [2.45, 2.75) is 25.4 Å². The average Bonchev–Trinajstić information content (AvgIpc) is 2.91. The number of amides is 4. The molecule has 2 aromatic rings. The first-order valence-corrected chi connectivity index (χ1v) is 9.37. The summed E-state index contributed by atoms with van der Waals surface area (Å²) >= 11 is 5.80. The van der Waals surface area contributed by atoms with Crippen LogP contribution in [0.5, 0.6) is 5.75 Å². The summed E-state index contributed by atoms with van der Waals surface area (Å²) in [5.74, 6) is -1.73. The van der Waals surface area contributed by atoms with Gasteiger partial charge in [0.2, 0.25) is 5.91 Å². The van der Waals surface area contributed by atoms with Crippen molar-refractivity contribution in [2.75, 3.05) is 6.54 Å². The first-order valence-electron chi connectivity index (χ1n) is 8.99. The van der Waals surface area contributed by atoms with Gasteiger partial charge in [-0.1, -0.05) is 35.9 Å². The van der Waals surface area contributed by atoms with Crippen LogP contribution < -0.4 is 15.4 Å². The molecule has 1 heterocycles. The van der Waals surface area contributed by atoms with Gasteiger partial charge in [0, 0.05) is 11.6 Å². The van der Waals surface area contributed by atoms with E-state index in [1.54, 1.807) is 24.3 Å². The number of hydrogen-bond donors (Lipinski definition) is 2. The molecule has 0 bridgehead atoms. The van der Waals surface area contributed by atoms with E-state index in [0.29, 0.717) is 5.02 Å². The van der Waals surface area contributed by atoms with Crippen molar-refractivity contribution in [2.24, 2.45) is 0 Å². The Morgan fingerprint density at radius 1 is 1.13 bits per heavy atom. The van der Waals surface area contributed by atoms with Crippen molar-refractivity contribution in [3.63, 3.8) is 0 Å². The second-order valence-corrected chi connectivity index (χ2v) is 7.36. The third kappa shape index (κ3) is 5.26. The van der Waals surface area contributed by atoms with Crippen molar-refractivity contribution in [1.29, 1.82) is 0 Å². The van der Waals surface area contributed by atoms with E-state index in [0.717, 1.165) is 22.6 Å². The largest absolute Gasteiger partial charge is 0.573 e. The number of urea groups is 1. The average molecular weight is 456 g/mol. The van der Waals surface area contributed by atoms with E-state index in [9.17, 15) is 27.6 Å². The summed E-state index contributed by atoms with van der Waals surface area (Å²) in [6, 6.07) is 10.5. The fraction of sp³-hybridized carbons (Fsp3) is 0.250. The van der Waals surface area contributed by atoms with E-state index in [2.05, 4.69) is 15.4 Å². The normalized spacial score (nSPS) is 18.7. The molecule has 2 N–H and O–H groups in total. The molecular weight excluding hydrogens is 439 g/mol. The number of rotatable bonds is 6. The molecule has 0 aromatic heterocycles. The van der Waals surface area contributed by atoms with Crippen LogP contribution in [0.4, 0.5) is 18.0 Å². The molecule has 1 atom stereocenters. The van der Waals surface area contributed by atoms with E-state index in [1.807, 2.05) is 0 Å². The molecule has 31 heavy (non-hydrogen) atoms. The minimum atomic E-state index is -4.85. The predicted molar refractivity (Wildman–Crippen MR) is 104 cm³/mol. The SMILES string of the molecule is CC1(c2ccc(OC(F)(F)F)cc2)NC(=O)N(CC(=O)NCc2ccc(Cl)cc2)C1=O. The van der Waals surface area contributed by atoms with Gasteiger partial charge in [0.05, 0.1) is 0 Å². The molecule has 3 rings (SSSR count). The Balaban J connectivity index is 1.65. The molecule has 4 amide bonds. The van der Waals surface area contributed by atoms with Crippen molar-refractivity contribution in [1.82, 2.24) is 15.5 Å². The number of carbonyl (C=O) groups is 3. The lowest BCUT2D eigenvalue weighted by atomic mass is 9.92. The Morgan fingerprint density at radius 3 is 2.32 bits per heavy atom. The van der Waals surface area contributed by atoms with Gasteiger partial charge < -0.3 is 15.4 Å². The van der Waals surface area contributed by atoms with E-state index >= 15 is 0 Å². The van der Waals surface area contributed by atoms with Crippen LogP contribution in [0.3, 0.4) is 0 Å². The summed E-state index contributed by atoms with van der Waals surface area (Å²) in [4.78, 5) is 38.1. The Labute approximate surface area is 180 Å². The molecule has 1 fully saturated rings. The number of carbonyl (C=O) groups excluding carboxylic acids is 3. The highest BCUT2D eigenvalue weighted by Crippen LogP contribution is 2.31. The molecule has 11 heteroatoms. The van der Waals surface area contributed by atoms with Crippen molar-refractivity contribution >= 4 is 29.4 Å². The molecule has 7 nitrogen and oxygen atoms in total. The van der Waals surface area contributed by atoms with Crippen LogP contribution in [-0.4, -0.2) is 35.7 Å². The second-order valence-electron chi connectivity index (χ2n) is 6.92. The van der Waals surface area contributed by atoms with Crippen LogP contribution >= 0.6 is 11.6 Å². The number of alkyl halides is 3. The van der Waals surface area contributed by atoms with Crippen molar-refractivity contribution in [3.05, 3.63) is 64.7 Å². The maximum atomic E-state index is 12.8. The van der Waals surface area contributed by atoms with Gasteiger partial charge in [-0.25, -0.2) is 4.79 Å². The summed E-state index contributed by atoms with van der Waals surface area (Å²) in [6.07, 6.45) is -4.85. The lowest BCUT2D eigenvalue weighted by Crippen LogP contribution is -2.43. The highest BCUT2D eigenvalue weighted by molar-refractivity contribution is 6.30. The minimum absolute atomic E-state index is 0.178. The van der Waals surface area contributed by atoms with Gasteiger partial charge in [0.15, 0.2) is 0 Å². The van der Waals surface area contributed by atoms with Gasteiger partial charge in [-0.2, -0.15) is 0 Å². The van der Waals surface area contributed by atoms with Crippen LogP contribution in [-0.2, 0) is 21.7 Å². The van der Waals surface area contributed by atoms with Crippen molar-refractivity contribution < 1.29 is 32.3 Å². The number of ether oxygens (including phenoxy) is 1. The standard InChI is InChI=1S/C20H17ClF3N3O4/c1-19(13-4-8-15(9-5-13)31-20(22,23)24)17(29)27(18(30)26-19)11-16(28)25-10-12-2-6-14(21)7-3-12/h2-9H,10-11H2,1H3,(H,25,28)(H,26,30). The Morgan fingerprint density at radius 2 is 1.74 bits per heavy atom. The van der Waals surface area contributed by atoms with E-state index in [1.165, 1.54) is 19.1 Å². The van der Waals surface area contributed by atoms with Gasteiger partial charge >= 0.3 is 12.4 Å². The topological polar surface area (TPSA) is 87.7 Å². The zero-order chi connectivity index (χ0) is 22.8. The lowest BCUT2D eigenvalue weighted by Gasteiger charge is -2.22. The quantitative estimate of drug-likeness (QED) is 0.654. The van der Waals surface area contributed by atoms with Gasteiger partial charge in [-0.05, 0) is 42.3 Å². The Bertz CT molecular complexity index is 996. The number of imide groups is 1. The Hall–Kier alpha value is -3.27. The van der Waals surface area contributed by atoms with Crippen LogP contribution in [0.1, 0.15) is 18.1 Å². The first kappa shape index (κ1) is 22.4. The van der Waals surface area contributed by atoms with E-state index in [-0.39, 0.29) is 12.1 Å². The second kappa shape index (κ2) is 8.46. The molecule has 0 aliphatic carbocycles. The molecule has 1 aliphatic rings. The molecule has 0 saturated carbocycles. The Kier molecular flexibility index (Phi) is 6.12. The minimum Gasteiger partial charge on any atom is -0.406 e. The smallest absolute Gasteiger partial charge is 0.406 e. The molecule has 1 aliphatic heterocycles. The number of nitrogens with zero attached hydrogens (tertiary/aromatic N) is 1. The van der Waals surface area contributed by atoms with Crippen LogP contribution in [0, 0.1) is 0 Å². The van der Waals surface area contributed by atoms with Gasteiger partial charge in [0.1, 0.15) is 17.8 Å². The molecular formula is C20H17ClF3N3O4. The molecule has 0 spiro atoms. The van der Waals surface area contributed by atoms with E-state index < -0.39 is 42.0 Å². The lowest BCUT2D eigenvalue weighted by molar-refractivity contribution is -0.274. The molecule has 0 radical (unpaired) electrons.